The minimum absolute atomic E-state index is 0.187. The first-order valence-electron chi connectivity index (χ1n) is 12.5. The minimum Gasteiger partial charge on any atom is -0.373 e. The molecular formula is C29H29FN3O2S+. The van der Waals surface area contributed by atoms with E-state index in [2.05, 4.69) is 5.16 Å². The minimum atomic E-state index is -1.51. The third kappa shape index (κ3) is 4.36. The van der Waals surface area contributed by atoms with Gasteiger partial charge in [-0.3, -0.25) is 0 Å². The zero-order chi connectivity index (χ0) is 24.6. The van der Waals surface area contributed by atoms with Crippen LogP contribution in [0.2, 0.25) is 0 Å². The number of aliphatic hydroxyl groups is 1. The standard InChI is InChI=1S/C29H29FN3O2S/c30-24-12-7-13-25(18-24)36-26-19-33(16-14-21(26)15-17-33)20-27-31-28(32-35-27)29(34,22-8-3-1-4-9-22)23-10-5-2-6-11-23/h1-13,18,21,26,34H,14-17,19-20H2/q+1/t21?,26-,33?/m0/s1. The number of piperidine rings is 3. The van der Waals surface area contributed by atoms with Crippen LogP contribution in [0.25, 0.3) is 0 Å². The van der Waals surface area contributed by atoms with E-state index in [0.717, 1.165) is 41.9 Å². The molecule has 3 saturated heterocycles. The van der Waals surface area contributed by atoms with Gasteiger partial charge in [0, 0.05) is 17.7 Å². The van der Waals surface area contributed by atoms with E-state index in [-0.39, 0.29) is 11.6 Å². The van der Waals surface area contributed by atoms with Crippen LogP contribution in [-0.4, -0.2) is 44.6 Å². The summed E-state index contributed by atoms with van der Waals surface area (Å²) >= 11 is 1.79. The van der Waals surface area contributed by atoms with Crippen LogP contribution in [0.3, 0.4) is 0 Å². The molecule has 3 aliphatic heterocycles. The molecule has 4 aromatic rings. The summed E-state index contributed by atoms with van der Waals surface area (Å²) < 4.78 is 20.4. The molecule has 184 valence electrons. The highest BCUT2D eigenvalue weighted by molar-refractivity contribution is 8.00. The maximum Gasteiger partial charge on any atom is 0.282 e. The molecule has 0 spiro atoms. The molecule has 5 nitrogen and oxygen atoms in total. The molecular weight excluding hydrogens is 473 g/mol. The quantitative estimate of drug-likeness (QED) is 0.343. The number of thioether (sulfide) groups is 1. The molecule has 1 aromatic heterocycles. The van der Waals surface area contributed by atoms with Crippen LogP contribution in [0.5, 0.6) is 0 Å². The number of halogens is 1. The average Bonchev–Trinajstić information content (AvgIpc) is 3.38. The summed E-state index contributed by atoms with van der Waals surface area (Å²) in [6.07, 6.45) is 2.29. The van der Waals surface area contributed by atoms with Gasteiger partial charge in [-0.1, -0.05) is 71.9 Å². The molecule has 4 heterocycles. The summed E-state index contributed by atoms with van der Waals surface area (Å²) in [4.78, 5) is 5.75. The Hall–Kier alpha value is -3.00. The van der Waals surface area contributed by atoms with E-state index in [9.17, 15) is 9.50 Å². The van der Waals surface area contributed by atoms with Gasteiger partial charge in [-0.15, -0.1) is 11.8 Å². The molecule has 0 aliphatic carbocycles. The van der Waals surface area contributed by atoms with Gasteiger partial charge in [0.2, 0.25) is 5.82 Å². The van der Waals surface area contributed by atoms with Gasteiger partial charge < -0.3 is 14.1 Å². The Morgan fingerprint density at radius 3 is 2.25 bits per heavy atom. The monoisotopic (exact) mass is 502 g/mol. The molecule has 36 heavy (non-hydrogen) atoms. The number of quaternary nitrogens is 1. The van der Waals surface area contributed by atoms with Crippen LogP contribution in [0, 0.1) is 11.7 Å². The third-order valence-corrected chi connectivity index (χ3v) is 9.13. The lowest BCUT2D eigenvalue weighted by Gasteiger charge is -2.51. The molecule has 0 unspecified atom stereocenters. The van der Waals surface area contributed by atoms with Crippen LogP contribution >= 0.6 is 11.8 Å². The van der Waals surface area contributed by atoms with Gasteiger partial charge in [0.15, 0.2) is 12.1 Å². The maximum absolute atomic E-state index is 13.8. The van der Waals surface area contributed by atoms with Crippen molar-refractivity contribution in [3.05, 3.63) is 114 Å². The average molecular weight is 503 g/mol. The molecule has 1 N–H and O–H groups in total. The predicted octanol–water partition coefficient (Wildman–Crippen LogP) is 5.39. The van der Waals surface area contributed by atoms with Gasteiger partial charge in [0.1, 0.15) is 5.82 Å². The van der Waals surface area contributed by atoms with Gasteiger partial charge in [0.05, 0.1) is 24.9 Å². The Labute approximate surface area is 214 Å². The first kappa shape index (κ1) is 23.4. The van der Waals surface area contributed by atoms with E-state index in [4.69, 9.17) is 9.51 Å². The number of hydrogen-bond donors (Lipinski definition) is 1. The SMILES string of the molecule is OC(c1ccccc1)(c1ccccc1)c1noc(C[N+]23CCC(CC2)[C@@H](Sc2cccc(F)c2)C3)n1. The topological polar surface area (TPSA) is 59.2 Å². The Morgan fingerprint density at radius 1 is 0.944 bits per heavy atom. The summed E-state index contributed by atoms with van der Waals surface area (Å²) in [5.41, 5.74) is -0.114. The molecule has 3 fully saturated rings. The van der Waals surface area contributed by atoms with Crippen LogP contribution in [0.15, 0.2) is 94.3 Å². The largest absolute Gasteiger partial charge is 0.373 e. The second-order valence-corrected chi connectivity index (χ2v) is 11.3. The van der Waals surface area contributed by atoms with Gasteiger partial charge in [-0.05, 0) is 35.2 Å². The molecule has 0 radical (unpaired) electrons. The first-order chi connectivity index (χ1) is 17.5. The number of rotatable bonds is 7. The Kier molecular flexibility index (Phi) is 6.15. The highest BCUT2D eigenvalue weighted by Gasteiger charge is 2.47. The molecule has 1 atom stereocenters. The smallest absolute Gasteiger partial charge is 0.282 e. The van der Waals surface area contributed by atoms with E-state index < -0.39 is 5.60 Å². The van der Waals surface area contributed by atoms with Crippen LogP contribution in [0.4, 0.5) is 4.39 Å². The van der Waals surface area contributed by atoms with Crippen LogP contribution in [0.1, 0.15) is 35.7 Å². The second kappa shape index (κ2) is 9.47. The molecule has 3 aromatic carbocycles. The van der Waals surface area contributed by atoms with Crippen molar-refractivity contribution in [2.24, 2.45) is 5.92 Å². The first-order valence-corrected chi connectivity index (χ1v) is 13.4. The molecule has 3 aliphatic rings. The zero-order valence-corrected chi connectivity index (χ0v) is 20.8. The normalized spacial score (nSPS) is 23.6. The number of benzene rings is 3. The van der Waals surface area contributed by atoms with E-state index in [1.54, 1.807) is 23.9 Å². The second-order valence-electron chi connectivity index (χ2n) is 10.0. The number of hydrogen-bond acceptors (Lipinski definition) is 5. The van der Waals surface area contributed by atoms with Crippen LogP contribution < -0.4 is 0 Å². The summed E-state index contributed by atoms with van der Waals surface area (Å²) in [5.74, 6) is 1.27. The van der Waals surface area contributed by atoms with Crippen molar-refractivity contribution in [1.82, 2.24) is 10.1 Å². The van der Waals surface area contributed by atoms with E-state index in [1.165, 1.54) is 6.07 Å². The molecule has 2 bridgehead atoms. The number of fused-ring (bicyclic) bond motifs is 3. The summed E-state index contributed by atoms with van der Waals surface area (Å²) in [6.45, 7) is 3.78. The van der Waals surface area contributed by atoms with E-state index in [0.29, 0.717) is 34.7 Å². The molecule has 0 saturated carbocycles. The van der Waals surface area contributed by atoms with Gasteiger partial charge in [0.25, 0.3) is 5.89 Å². The van der Waals surface area contributed by atoms with Gasteiger partial charge in [-0.25, -0.2) is 4.39 Å². The predicted molar refractivity (Wildman–Crippen MR) is 137 cm³/mol. The van der Waals surface area contributed by atoms with Crippen molar-refractivity contribution < 1.29 is 18.5 Å². The summed E-state index contributed by atoms with van der Waals surface area (Å²) in [5, 5.41) is 16.7. The van der Waals surface area contributed by atoms with E-state index >= 15 is 0 Å². The highest BCUT2D eigenvalue weighted by atomic mass is 32.2. The lowest BCUT2D eigenvalue weighted by atomic mass is 9.85. The fraction of sp³-hybridized carbons (Fsp3) is 0.310. The molecule has 7 heteroatoms. The van der Waals surface area contributed by atoms with E-state index in [1.807, 2.05) is 66.7 Å². The molecule has 0 amide bonds. The third-order valence-electron chi connectivity index (χ3n) is 7.77. The fourth-order valence-corrected chi connectivity index (χ4v) is 7.37. The number of aromatic nitrogens is 2. The van der Waals surface area contributed by atoms with Gasteiger partial charge in [-0.2, -0.15) is 4.98 Å². The Balaban J connectivity index is 1.26. The summed E-state index contributed by atoms with van der Waals surface area (Å²) in [6, 6.07) is 25.9. The summed E-state index contributed by atoms with van der Waals surface area (Å²) in [7, 11) is 0. The van der Waals surface area contributed by atoms with Crippen molar-refractivity contribution in [2.45, 2.75) is 35.1 Å². The zero-order valence-electron chi connectivity index (χ0n) is 20.0. The van der Waals surface area contributed by atoms with Crippen molar-refractivity contribution >= 4 is 11.8 Å². The van der Waals surface area contributed by atoms with Crippen molar-refractivity contribution in [3.63, 3.8) is 0 Å². The Morgan fingerprint density at radius 2 is 1.61 bits per heavy atom. The van der Waals surface area contributed by atoms with Crippen molar-refractivity contribution in [3.8, 4) is 0 Å². The highest BCUT2D eigenvalue weighted by Crippen LogP contribution is 2.43. The molecule has 7 rings (SSSR count). The lowest BCUT2D eigenvalue weighted by molar-refractivity contribution is -0.955. The number of nitrogens with zero attached hydrogens (tertiary/aromatic N) is 3. The maximum atomic E-state index is 13.8. The fourth-order valence-electron chi connectivity index (χ4n) is 5.83. The van der Waals surface area contributed by atoms with Crippen molar-refractivity contribution in [2.75, 3.05) is 19.6 Å². The van der Waals surface area contributed by atoms with Crippen LogP contribution in [-0.2, 0) is 12.1 Å². The Bertz CT molecular complexity index is 1280. The lowest BCUT2D eigenvalue weighted by Crippen LogP contribution is -2.62. The van der Waals surface area contributed by atoms with Crippen molar-refractivity contribution in [1.29, 1.82) is 0 Å². The van der Waals surface area contributed by atoms with Gasteiger partial charge >= 0.3 is 0 Å².